The highest BCUT2D eigenvalue weighted by molar-refractivity contribution is 7.97. The molecule has 2 rings (SSSR count). The van der Waals surface area contributed by atoms with E-state index in [-0.39, 0.29) is 11.6 Å². The smallest absolute Gasteiger partial charge is 0.261 e. The van der Waals surface area contributed by atoms with E-state index in [2.05, 4.69) is 15.0 Å². The summed E-state index contributed by atoms with van der Waals surface area (Å²) in [7, 11) is 1.75. The van der Waals surface area contributed by atoms with Crippen LogP contribution in [0.3, 0.4) is 0 Å². The number of carbonyl (C=O) groups excluding carboxylic acids is 1. The molecular formula is C19H23ClN4O2S. The number of hydrogen-bond acceptors (Lipinski definition) is 6. The van der Waals surface area contributed by atoms with E-state index in [1.54, 1.807) is 43.8 Å². The lowest BCUT2D eigenvalue weighted by Crippen LogP contribution is -2.16. The van der Waals surface area contributed by atoms with Crippen LogP contribution in [-0.4, -0.2) is 36.5 Å². The maximum atomic E-state index is 12.0. The van der Waals surface area contributed by atoms with Gasteiger partial charge >= 0.3 is 0 Å². The van der Waals surface area contributed by atoms with Crippen LogP contribution in [0.15, 0.2) is 30.5 Å². The summed E-state index contributed by atoms with van der Waals surface area (Å²) in [5, 5.41) is 11.9. The first-order valence-corrected chi connectivity index (χ1v) is 10.00. The Bertz CT molecular complexity index is 842. The monoisotopic (exact) mass is 406 g/mol. The van der Waals surface area contributed by atoms with Crippen molar-refractivity contribution in [1.29, 1.82) is 5.41 Å². The van der Waals surface area contributed by atoms with Gasteiger partial charge in [0.05, 0.1) is 12.3 Å². The fourth-order valence-corrected chi connectivity index (χ4v) is 2.86. The lowest BCUT2D eigenvalue weighted by Gasteiger charge is -2.14. The second kappa shape index (κ2) is 9.62. The zero-order valence-corrected chi connectivity index (χ0v) is 17.3. The number of nitrogens with zero attached hydrogens (tertiary/aromatic N) is 1. The van der Waals surface area contributed by atoms with E-state index in [9.17, 15) is 4.79 Å². The Balaban J connectivity index is 2.29. The predicted octanol–water partition coefficient (Wildman–Crippen LogP) is 4.24. The standard InChI is InChI=1S/C19H23ClN4O2S/c1-11(2)10-26-19-15(20)7-13(9-23-19)17(21)14-6-5-12(8-16(14)22-3)18(25)24-27-4/h5-9,11,21-22H,10H2,1-4H3,(H,24,25). The predicted molar refractivity (Wildman–Crippen MR) is 112 cm³/mol. The van der Waals surface area contributed by atoms with Crippen LogP contribution in [0, 0.1) is 11.3 Å². The van der Waals surface area contributed by atoms with Gasteiger partial charge in [-0.05, 0) is 30.2 Å². The van der Waals surface area contributed by atoms with E-state index in [1.165, 1.54) is 11.9 Å². The Morgan fingerprint density at radius 2 is 2.07 bits per heavy atom. The number of carbonyl (C=O) groups is 1. The van der Waals surface area contributed by atoms with E-state index >= 15 is 0 Å². The quantitative estimate of drug-likeness (QED) is 0.451. The van der Waals surface area contributed by atoms with Crippen molar-refractivity contribution in [3.63, 3.8) is 0 Å². The Morgan fingerprint density at radius 1 is 1.33 bits per heavy atom. The Kier molecular flexibility index (Phi) is 7.50. The van der Waals surface area contributed by atoms with E-state index in [0.717, 1.165) is 0 Å². The fourth-order valence-electron chi connectivity index (χ4n) is 2.33. The topological polar surface area (TPSA) is 87.1 Å². The molecule has 0 spiro atoms. The van der Waals surface area contributed by atoms with Gasteiger partial charge in [0.1, 0.15) is 5.02 Å². The summed E-state index contributed by atoms with van der Waals surface area (Å²) in [6.45, 7) is 4.60. The Morgan fingerprint density at radius 3 is 2.67 bits per heavy atom. The molecule has 0 bridgehead atoms. The maximum Gasteiger partial charge on any atom is 0.261 e. The minimum absolute atomic E-state index is 0.187. The third-order valence-corrected chi connectivity index (χ3v) is 4.32. The van der Waals surface area contributed by atoms with Gasteiger partial charge in [-0.25, -0.2) is 4.98 Å². The Labute approximate surface area is 168 Å². The number of nitrogens with one attached hydrogen (secondary N) is 3. The van der Waals surface area contributed by atoms with Crippen LogP contribution < -0.4 is 14.8 Å². The summed E-state index contributed by atoms with van der Waals surface area (Å²) in [6, 6.07) is 6.80. The van der Waals surface area contributed by atoms with Crippen LogP contribution in [0.25, 0.3) is 0 Å². The first-order chi connectivity index (χ1) is 12.9. The van der Waals surface area contributed by atoms with Gasteiger partial charge in [0, 0.05) is 41.9 Å². The third kappa shape index (κ3) is 5.37. The SMILES string of the molecule is CNc1cc(C(=O)NSC)ccc1C(=N)c1cnc(OCC(C)C)c(Cl)c1. The van der Waals surface area contributed by atoms with Gasteiger partial charge in [0.25, 0.3) is 5.91 Å². The number of amides is 1. The summed E-state index contributed by atoms with van der Waals surface area (Å²) < 4.78 is 8.26. The lowest BCUT2D eigenvalue weighted by atomic mass is 10.00. The summed E-state index contributed by atoms with van der Waals surface area (Å²) in [4.78, 5) is 16.2. The van der Waals surface area contributed by atoms with Crippen LogP contribution >= 0.6 is 23.5 Å². The molecule has 0 atom stereocenters. The molecule has 6 nitrogen and oxygen atoms in total. The van der Waals surface area contributed by atoms with Crippen molar-refractivity contribution in [2.75, 3.05) is 25.2 Å². The van der Waals surface area contributed by atoms with Gasteiger partial charge in [-0.3, -0.25) is 14.9 Å². The van der Waals surface area contributed by atoms with Gasteiger partial charge < -0.3 is 10.1 Å². The number of hydrogen-bond donors (Lipinski definition) is 3. The van der Waals surface area contributed by atoms with Gasteiger partial charge in [-0.2, -0.15) is 0 Å². The number of ether oxygens (including phenoxy) is 1. The van der Waals surface area contributed by atoms with Crippen LogP contribution in [0.1, 0.15) is 35.3 Å². The summed E-state index contributed by atoms with van der Waals surface area (Å²) in [5.74, 6) is 0.536. The molecule has 0 unspecified atom stereocenters. The molecule has 0 aliphatic rings. The molecule has 0 saturated heterocycles. The van der Waals surface area contributed by atoms with Crippen molar-refractivity contribution in [2.45, 2.75) is 13.8 Å². The molecule has 0 radical (unpaired) electrons. The molecule has 1 heterocycles. The van der Waals surface area contributed by atoms with Gasteiger partial charge in [-0.1, -0.05) is 37.4 Å². The second-order valence-electron chi connectivity index (χ2n) is 6.24. The number of halogens is 1. The first-order valence-electron chi connectivity index (χ1n) is 8.40. The number of pyridine rings is 1. The number of benzene rings is 1. The van der Waals surface area contributed by atoms with Gasteiger partial charge in [-0.15, -0.1) is 0 Å². The molecule has 144 valence electrons. The molecule has 0 aliphatic heterocycles. The highest BCUT2D eigenvalue weighted by Crippen LogP contribution is 2.26. The molecule has 1 aromatic heterocycles. The molecule has 27 heavy (non-hydrogen) atoms. The van der Waals surface area contributed by atoms with Crippen LogP contribution in [0.4, 0.5) is 5.69 Å². The molecule has 1 aromatic carbocycles. The van der Waals surface area contributed by atoms with E-state index in [0.29, 0.717) is 45.8 Å². The average Bonchev–Trinajstić information content (AvgIpc) is 2.65. The minimum Gasteiger partial charge on any atom is -0.476 e. The van der Waals surface area contributed by atoms with Crippen molar-refractivity contribution in [2.24, 2.45) is 5.92 Å². The van der Waals surface area contributed by atoms with E-state index in [4.69, 9.17) is 21.7 Å². The van der Waals surface area contributed by atoms with Crippen molar-refractivity contribution in [1.82, 2.24) is 9.71 Å². The van der Waals surface area contributed by atoms with Gasteiger partial charge in [0.15, 0.2) is 0 Å². The normalized spacial score (nSPS) is 10.6. The molecule has 0 fully saturated rings. The highest BCUT2D eigenvalue weighted by Gasteiger charge is 2.15. The van der Waals surface area contributed by atoms with E-state index < -0.39 is 0 Å². The lowest BCUT2D eigenvalue weighted by molar-refractivity contribution is 0.0984. The molecule has 1 amide bonds. The van der Waals surface area contributed by atoms with Crippen molar-refractivity contribution < 1.29 is 9.53 Å². The first kappa shape index (κ1) is 21.1. The number of aromatic nitrogens is 1. The molecule has 8 heteroatoms. The van der Waals surface area contributed by atoms with E-state index in [1.807, 2.05) is 13.8 Å². The van der Waals surface area contributed by atoms with Gasteiger partial charge in [0.2, 0.25) is 5.88 Å². The van der Waals surface area contributed by atoms with Crippen LogP contribution in [0.5, 0.6) is 5.88 Å². The molecule has 2 aromatic rings. The largest absolute Gasteiger partial charge is 0.476 e. The molecule has 3 N–H and O–H groups in total. The average molecular weight is 407 g/mol. The zero-order chi connectivity index (χ0) is 20.0. The fraction of sp³-hybridized carbons (Fsp3) is 0.316. The van der Waals surface area contributed by atoms with Crippen molar-refractivity contribution in [3.8, 4) is 5.88 Å². The van der Waals surface area contributed by atoms with Crippen LogP contribution in [-0.2, 0) is 0 Å². The molecule has 0 aliphatic carbocycles. The van der Waals surface area contributed by atoms with Crippen molar-refractivity contribution in [3.05, 3.63) is 52.2 Å². The number of rotatable bonds is 8. The highest BCUT2D eigenvalue weighted by atomic mass is 35.5. The molecular weight excluding hydrogens is 384 g/mol. The number of anilines is 1. The van der Waals surface area contributed by atoms with Crippen LogP contribution in [0.2, 0.25) is 5.02 Å². The summed E-state index contributed by atoms with van der Waals surface area (Å²) >= 11 is 7.50. The maximum absolute atomic E-state index is 12.0. The second-order valence-corrected chi connectivity index (χ2v) is 7.26. The Hall–Kier alpha value is -2.25. The minimum atomic E-state index is -0.187. The molecule has 0 saturated carbocycles. The zero-order valence-electron chi connectivity index (χ0n) is 15.7. The summed E-state index contributed by atoms with van der Waals surface area (Å²) in [6.07, 6.45) is 3.35. The summed E-state index contributed by atoms with van der Waals surface area (Å²) in [5.41, 5.74) is 2.64. The van der Waals surface area contributed by atoms with Crippen molar-refractivity contribution >= 4 is 40.9 Å². The third-order valence-electron chi connectivity index (χ3n) is 3.66.